The molecule has 0 unspecified atom stereocenters. The summed E-state index contributed by atoms with van der Waals surface area (Å²) in [6.07, 6.45) is 4.48. The Labute approximate surface area is 175 Å². The van der Waals surface area contributed by atoms with Crippen LogP contribution in [-0.4, -0.2) is 55.7 Å². The van der Waals surface area contributed by atoms with E-state index in [0.717, 1.165) is 35.4 Å². The standard InChI is InChI=1S/C20H25N3O4S2/c1-14-3-7-18(28-14)20(24)23-11-9-16(10-12-23)27-19-8-4-15(13-21-19)22(2)29(25,26)17-5-6-17/h3-4,7-8,13,16-17H,5-6,9-12H2,1-2H3. The Bertz CT molecular complexity index is 975. The summed E-state index contributed by atoms with van der Waals surface area (Å²) in [6, 6.07) is 7.29. The van der Waals surface area contributed by atoms with E-state index < -0.39 is 10.0 Å². The van der Waals surface area contributed by atoms with Crippen molar-refractivity contribution in [1.29, 1.82) is 0 Å². The SMILES string of the molecule is Cc1ccc(C(=O)N2CCC(Oc3ccc(N(C)S(=O)(=O)C4CC4)cn3)CC2)s1. The number of nitrogens with zero attached hydrogens (tertiary/aromatic N) is 3. The van der Waals surface area contributed by atoms with Crippen molar-refractivity contribution in [3.63, 3.8) is 0 Å². The fourth-order valence-electron chi connectivity index (χ4n) is 3.42. The maximum atomic E-state index is 12.5. The van der Waals surface area contributed by atoms with Gasteiger partial charge in [-0.25, -0.2) is 13.4 Å². The van der Waals surface area contributed by atoms with Gasteiger partial charge in [-0.3, -0.25) is 9.10 Å². The van der Waals surface area contributed by atoms with E-state index >= 15 is 0 Å². The molecule has 0 spiro atoms. The summed E-state index contributed by atoms with van der Waals surface area (Å²) >= 11 is 1.52. The average Bonchev–Trinajstić information content (AvgIpc) is 3.50. The van der Waals surface area contributed by atoms with Gasteiger partial charge in [-0.05, 0) is 38.0 Å². The number of sulfonamides is 1. The largest absolute Gasteiger partial charge is 0.474 e. The highest BCUT2D eigenvalue weighted by atomic mass is 32.2. The van der Waals surface area contributed by atoms with E-state index in [1.165, 1.54) is 21.8 Å². The van der Waals surface area contributed by atoms with Crippen LogP contribution in [-0.2, 0) is 10.0 Å². The third-order valence-electron chi connectivity index (χ3n) is 5.38. The van der Waals surface area contributed by atoms with Gasteiger partial charge in [-0.1, -0.05) is 0 Å². The molecule has 1 aliphatic carbocycles. The molecule has 0 N–H and O–H groups in total. The molecule has 1 amide bonds. The molecule has 9 heteroatoms. The van der Waals surface area contributed by atoms with Crippen LogP contribution in [0.3, 0.4) is 0 Å². The summed E-state index contributed by atoms with van der Waals surface area (Å²) in [5, 5.41) is -0.255. The van der Waals surface area contributed by atoms with Crippen molar-refractivity contribution in [2.24, 2.45) is 0 Å². The number of likely N-dealkylation sites (tertiary alicyclic amines) is 1. The molecule has 3 heterocycles. The molecule has 4 rings (SSSR count). The minimum absolute atomic E-state index is 0.00426. The van der Waals surface area contributed by atoms with Gasteiger partial charge in [0.1, 0.15) is 6.10 Å². The lowest BCUT2D eigenvalue weighted by Gasteiger charge is -2.31. The lowest BCUT2D eigenvalue weighted by atomic mass is 10.1. The Morgan fingerprint density at radius 3 is 2.45 bits per heavy atom. The van der Waals surface area contributed by atoms with Gasteiger partial charge >= 0.3 is 0 Å². The molecule has 2 aromatic heterocycles. The number of anilines is 1. The number of aromatic nitrogens is 1. The summed E-state index contributed by atoms with van der Waals surface area (Å²) in [5.74, 6) is 0.563. The van der Waals surface area contributed by atoms with E-state index in [1.54, 1.807) is 19.2 Å². The molecular formula is C20H25N3O4S2. The van der Waals surface area contributed by atoms with E-state index in [9.17, 15) is 13.2 Å². The average molecular weight is 436 g/mol. The molecule has 2 aliphatic rings. The smallest absolute Gasteiger partial charge is 0.263 e. The van der Waals surface area contributed by atoms with Crippen LogP contribution in [0.1, 0.15) is 40.2 Å². The van der Waals surface area contributed by atoms with Gasteiger partial charge in [0.2, 0.25) is 15.9 Å². The van der Waals surface area contributed by atoms with Crippen LogP contribution < -0.4 is 9.04 Å². The topological polar surface area (TPSA) is 79.8 Å². The Balaban J connectivity index is 1.31. The molecule has 1 saturated heterocycles. The first kappa shape index (κ1) is 20.2. The van der Waals surface area contributed by atoms with E-state index in [4.69, 9.17) is 4.74 Å². The zero-order valence-corrected chi connectivity index (χ0v) is 18.2. The zero-order chi connectivity index (χ0) is 20.6. The fraction of sp³-hybridized carbons (Fsp3) is 0.500. The monoisotopic (exact) mass is 435 g/mol. The molecule has 0 bridgehead atoms. The molecule has 0 radical (unpaired) electrons. The fourth-order valence-corrected chi connectivity index (χ4v) is 5.83. The molecule has 0 aromatic carbocycles. The molecule has 156 valence electrons. The van der Waals surface area contributed by atoms with Crippen molar-refractivity contribution in [2.45, 2.75) is 44.0 Å². The van der Waals surface area contributed by atoms with E-state index in [-0.39, 0.29) is 17.3 Å². The number of carbonyl (C=O) groups is 1. The van der Waals surface area contributed by atoms with Gasteiger partial charge in [-0.2, -0.15) is 0 Å². The first-order chi connectivity index (χ1) is 13.8. The van der Waals surface area contributed by atoms with Crippen LogP contribution in [0.2, 0.25) is 0 Å². The van der Waals surface area contributed by atoms with E-state index in [1.807, 2.05) is 24.0 Å². The second-order valence-electron chi connectivity index (χ2n) is 7.59. The summed E-state index contributed by atoms with van der Waals surface area (Å²) in [7, 11) is -1.72. The first-order valence-electron chi connectivity index (χ1n) is 9.81. The van der Waals surface area contributed by atoms with Crippen LogP contribution in [0.25, 0.3) is 0 Å². The summed E-state index contributed by atoms with van der Waals surface area (Å²) in [4.78, 5) is 20.6. The third kappa shape index (κ3) is 4.40. The van der Waals surface area contributed by atoms with Gasteiger partial charge in [-0.15, -0.1) is 11.3 Å². The van der Waals surface area contributed by atoms with Crippen LogP contribution >= 0.6 is 11.3 Å². The third-order valence-corrected chi connectivity index (χ3v) is 8.66. The molecule has 7 nitrogen and oxygen atoms in total. The van der Waals surface area contributed by atoms with E-state index in [0.29, 0.717) is 24.7 Å². The Kier molecular flexibility index (Phi) is 5.52. The van der Waals surface area contributed by atoms with Crippen molar-refractivity contribution in [3.8, 4) is 5.88 Å². The number of rotatable bonds is 6. The Morgan fingerprint density at radius 1 is 1.17 bits per heavy atom. The predicted octanol–water partition coefficient (Wildman–Crippen LogP) is 3.06. The molecule has 1 saturated carbocycles. The minimum atomic E-state index is -3.28. The highest BCUT2D eigenvalue weighted by Gasteiger charge is 2.39. The first-order valence-corrected chi connectivity index (χ1v) is 12.1. The second kappa shape index (κ2) is 7.95. The highest BCUT2D eigenvalue weighted by Crippen LogP contribution is 2.33. The van der Waals surface area contributed by atoms with Crippen LogP contribution in [0.15, 0.2) is 30.5 Å². The van der Waals surface area contributed by atoms with Crippen molar-refractivity contribution >= 4 is 33.0 Å². The maximum absolute atomic E-state index is 12.5. The van der Waals surface area contributed by atoms with Crippen molar-refractivity contribution in [2.75, 3.05) is 24.4 Å². The maximum Gasteiger partial charge on any atom is 0.263 e. The molecule has 2 fully saturated rings. The van der Waals surface area contributed by atoms with Gasteiger partial charge < -0.3 is 9.64 Å². The van der Waals surface area contributed by atoms with Gasteiger partial charge in [0, 0.05) is 43.9 Å². The number of piperidine rings is 1. The zero-order valence-electron chi connectivity index (χ0n) is 16.6. The summed E-state index contributed by atoms with van der Waals surface area (Å²) in [5.41, 5.74) is 0.538. The van der Waals surface area contributed by atoms with E-state index in [2.05, 4.69) is 4.98 Å². The number of aryl methyl sites for hydroxylation is 1. The summed E-state index contributed by atoms with van der Waals surface area (Å²) in [6.45, 7) is 3.31. The van der Waals surface area contributed by atoms with Crippen molar-refractivity contribution < 1.29 is 17.9 Å². The van der Waals surface area contributed by atoms with Crippen LogP contribution in [0.4, 0.5) is 5.69 Å². The van der Waals surface area contributed by atoms with Crippen molar-refractivity contribution in [1.82, 2.24) is 9.88 Å². The molecule has 2 aromatic rings. The number of hydrogen-bond donors (Lipinski definition) is 0. The lowest BCUT2D eigenvalue weighted by Crippen LogP contribution is -2.41. The lowest BCUT2D eigenvalue weighted by molar-refractivity contribution is 0.0592. The number of pyridine rings is 1. The Morgan fingerprint density at radius 2 is 1.90 bits per heavy atom. The molecule has 1 aliphatic heterocycles. The van der Waals surface area contributed by atoms with Gasteiger partial charge in [0.15, 0.2) is 0 Å². The number of hydrogen-bond acceptors (Lipinski definition) is 6. The van der Waals surface area contributed by atoms with Crippen LogP contribution in [0.5, 0.6) is 5.88 Å². The predicted molar refractivity (Wildman–Crippen MR) is 113 cm³/mol. The minimum Gasteiger partial charge on any atom is -0.474 e. The molecular weight excluding hydrogens is 410 g/mol. The number of thiophene rings is 1. The highest BCUT2D eigenvalue weighted by molar-refractivity contribution is 7.93. The second-order valence-corrected chi connectivity index (χ2v) is 11.1. The molecule has 0 atom stereocenters. The molecule has 29 heavy (non-hydrogen) atoms. The quantitative estimate of drug-likeness (QED) is 0.697. The van der Waals surface area contributed by atoms with Crippen LogP contribution in [0, 0.1) is 6.92 Å². The Hall–Kier alpha value is -2.13. The van der Waals surface area contributed by atoms with Crippen molar-refractivity contribution in [3.05, 3.63) is 40.2 Å². The number of amides is 1. The summed E-state index contributed by atoms with van der Waals surface area (Å²) < 4.78 is 31.9. The normalized spacial score (nSPS) is 17.9. The van der Waals surface area contributed by atoms with Gasteiger partial charge in [0.05, 0.1) is 22.0 Å². The number of carbonyl (C=O) groups excluding carboxylic acids is 1. The number of ether oxygens (including phenoxy) is 1. The van der Waals surface area contributed by atoms with Gasteiger partial charge in [0.25, 0.3) is 5.91 Å².